The molecule has 1 aromatic heterocycles. The number of hydrogen-bond donors (Lipinski definition) is 0. The van der Waals surface area contributed by atoms with Gasteiger partial charge in [0.25, 0.3) is 0 Å². The highest BCUT2D eigenvalue weighted by Gasteiger charge is 1.94. The van der Waals surface area contributed by atoms with Crippen LogP contribution >= 0.6 is 0 Å². The monoisotopic (exact) mass is 172 g/mol. The van der Waals surface area contributed by atoms with Crippen LogP contribution < -0.4 is 0 Å². The van der Waals surface area contributed by atoms with Crippen molar-refractivity contribution in [2.24, 2.45) is 0 Å². The first-order valence-electron chi connectivity index (χ1n) is 3.28. The van der Waals surface area contributed by atoms with E-state index in [4.69, 9.17) is 12.6 Å². The second-order valence-electron chi connectivity index (χ2n) is 2.49. The lowest BCUT2D eigenvalue weighted by Gasteiger charge is -2.11. The first kappa shape index (κ1) is 8.35. The molecule has 1 heterocycles. The van der Waals surface area contributed by atoms with Gasteiger partial charge >= 0.3 is 0 Å². The topological polar surface area (TPSA) is 46.8 Å². The lowest BCUT2D eigenvalue weighted by Crippen LogP contribution is -2.19. The molecule has 11 heavy (non-hydrogen) atoms. The highest BCUT2D eigenvalue weighted by atomic mass is 32.1. The first-order valence-corrected chi connectivity index (χ1v) is 3.69. The van der Waals surface area contributed by atoms with Gasteiger partial charge in [0.2, 0.25) is 0 Å². The summed E-state index contributed by atoms with van der Waals surface area (Å²) in [6.07, 6.45) is 0. The molecule has 0 atom stereocenters. The zero-order chi connectivity index (χ0) is 8.27. The maximum absolute atomic E-state index is 4.85. The van der Waals surface area contributed by atoms with Crippen LogP contribution in [0, 0.1) is 0 Å². The van der Waals surface area contributed by atoms with Crippen LogP contribution in [0.15, 0.2) is 5.16 Å². The molecule has 0 aliphatic heterocycles. The fourth-order valence-corrected chi connectivity index (χ4v) is 0.796. The van der Waals surface area contributed by atoms with Crippen LogP contribution in [-0.2, 0) is 19.2 Å². The zero-order valence-corrected chi connectivity index (χ0v) is 7.38. The van der Waals surface area contributed by atoms with Crippen LogP contribution in [0.3, 0.4) is 0 Å². The van der Waals surface area contributed by atoms with Gasteiger partial charge in [-0.1, -0.05) is 0 Å². The molecule has 5 nitrogen and oxygen atoms in total. The third-order valence-electron chi connectivity index (χ3n) is 1.26. The molecular formula is C5H10N5S-. The highest BCUT2D eigenvalue weighted by molar-refractivity contribution is 7.58. The van der Waals surface area contributed by atoms with Gasteiger partial charge in [0.1, 0.15) is 0 Å². The van der Waals surface area contributed by atoms with E-state index in [-0.39, 0.29) is 0 Å². The van der Waals surface area contributed by atoms with Crippen LogP contribution in [0.5, 0.6) is 0 Å². The molecule has 0 unspecified atom stereocenters. The number of likely N-dealkylation sites (N-methyl/N-ethyl adjacent to an activating group) is 1. The third-order valence-corrected chi connectivity index (χ3v) is 1.55. The minimum Gasteiger partial charge on any atom is -0.739 e. The normalized spacial score (nSPS) is 10.8. The second kappa shape index (κ2) is 3.59. The molecule has 0 saturated heterocycles. The van der Waals surface area contributed by atoms with Gasteiger partial charge in [0.05, 0.1) is 6.54 Å². The SMILES string of the molecule is CN(C)CCn1nnnc1[S-]. The Hall–Kier alpha value is -0.750. The molecule has 0 radical (unpaired) electrons. The van der Waals surface area contributed by atoms with Crippen LogP contribution in [0.2, 0.25) is 0 Å². The van der Waals surface area contributed by atoms with Gasteiger partial charge in [-0.2, -0.15) is 0 Å². The smallest absolute Gasteiger partial charge is 0.0554 e. The van der Waals surface area contributed by atoms with E-state index in [1.807, 2.05) is 14.1 Å². The van der Waals surface area contributed by atoms with Gasteiger partial charge in [-0.25, -0.2) is 0 Å². The number of hydrogen-bond acceptors (Lipinski definition) is 5. The Morgan fingerprint density at radius 2 is 2.27 bits per heavy atom. The minimum absolute atomic E-state index is 0.451. The Labute approximate surface area is 70.8 Å². The molecule has 0 amide bonds. The predicted molar refractivity (Wildman–Crippen MR) is 42.0 cm³/mol. The summed E-state index contributed by atoms with van der Waals surface area (Å²) >= 11 is 4.85. The van der Waals surface area contributed by atoms with E-state index in [2.05, 4.69) is 20.4 Å². The Bertz CT molecular complexity index is 220. The molecule has 0 bridgehead atoms. The molecule has 1 rings (SSSR count). The van der Waals surface area contributed by atoms with E-state index in [0.717, 1.165) is 13.1 Å². The van der Waals surface area contributed by atoms with Gasteiger partial charge in [-0.15, -0.1) is 5.10 Å². The molecule has 0 saturated carbocycles. The first-order chi connectivity index (χ1) is 5.20. The molecule has 6 heteroatoms. The molecule has 1 aromatic rings. The Balaban J connectivity index is 2.44. The van der Waals surface area contributed by atoms with E-state index in [1.54, 1.807) is 4.68 Å². The fourth-order valence-electron chi connectivity index (χ4n) is 0.632. The summed E-state index contributed by atoms with van der Waals surface area (Å²) in [5.74, 6) is 0. The van der Waals surface area contributed by atoms with Crippen LogP contribution in [0.4, 0.5) is 0 Å². The number of tetrazole rings is 1. The van der Waals surface area contributed by atoms with Crippen molar-refractivity contribution in [1.29, 1.82) is 0 Å². The standard InChI is InChI=1S/C5H11N5S/c1-9(2)3-4-10-5(11)6-7-8-10/h3-4H2,1-2H3,(H,6,8,11)/p-1. The Morgan fingerprint density at radius 1 is 1.55 bits per heavy atom. The van der Waals surface area contributed by atoms with Gasteiger partial charge in [-0.3, -0.25) is 4.68 Å². The molecular weight excluding hydrogens is 162 g/mol. The summed E-state index contributed by atoms with van der Waals surface area (Å²) in [4.78, 5) is 2.05. The molecule has 0 aromatic carbocycles. The van der Waals surface area contributed by atoms with Crippen LogP contribution in [0.25, 0.3) is 0 Å². The van der Waals surface area contributed by atoms with E-state index in [1.165, 1.54) is 0 Å². The summed E-state index contributed by atoms with van der Waals surface area (Å²) in [5.41, 5.74) is 0. The number of aromatic nitrogens is 4. The van der Waals surface area contributed by atoms with Gasteiger partial charge in [0, 0.05) is 11.7 Å². The molecule has 0 spiro atoms. The van der Waals surface area contributed by atoms with Crippen molar-refractivity contribution in [3.63, 3.8) is 0 Å². The minimum atomic E-state index is 0.451. The maximum atomic E-state index is 4.85. The van der Waals surface area contributed by atoms with Gasteiger partial charge < -0.3 is 17.5 Å². The van der Waals surface area contributed by atoms with Crippen molar-refractivity contribution >= 4 is 12.6 Å². The zero-order valence-electron chi connectivity index (χ0n) is 6.56. The molecule has 0 N–H and O–H groups in total. The van der Waals surface area contributed by atoms with Gasteiger partial charge in [-0.05, 0) is 24.5 Å². The Kier molecular flexibility index (Phi) is 2.72. The van der Waals surface area contributed by atoms with Crippen molar-refractivity contribution in [2.75, 3.05) is 20.6 Å². The number of rotatable bonds is 3. The van der Waals surface area contributed by atoms with E-state index in [0.29, 0.717) is 5.16 Å². The van der Waals surface area contributed by atoms with Crippen molar-refractivity contribution in [3.05, 3.63) is 0 Å². The van der Waals surface area contributed by atoms with Gasteiger partial charge in [0.15, 0.2) is 0 Å². The predicted octanol–water partition coefficient (Wildman–Crippen LogP) is -0.860. The lowest BCUT2D eigenvalue weighted by atomic mass is 10.6. The molecule has 62 valence electrons. The summed E-state index contributed by atoms with van der Waals surface area (Å²) < 4.78 is 1.61. The molecule has 0 aliphatic carbocycles. The highest BCUT2D eigenvalue weighted by Crippen LogP contribution is 1.88. The second-order valence-corrected chi connectivity index (χ2v) is 2.85. The summed E-state index contributed by atoms with van der Waals surface area (Å²) in [5, 5.41) is 11.2. The van der Waals surface area contributed by atoms with E-state index < -0.39 is 0 Å². The van der Waals surface area contributed by atoms with Crippen molar-refractivity contribution in [2.45, 2.75) is 11.7 Å². The molecule has 0 aliphatic rings. The quantitative estimate of drug-likeness (QED) is 0.555. The molecule has 0 fully saturated rings. The van der Waals surface area contributed by atoms with Crippen LogP contribution in [-0.4, -0.2) is 45.7 Å². The Morgan fingerprint density at radius 3 is 2.73 bits per heavy atom. The number of nitrogens with zero attached hydrogens (tertiary/aromatic N) is 5. The van der Waals surface area contributed by atoms with Crippen molar-refractivity contribution in [3.8, 4) is 0 Å². The van der Waals surface area contributed by atoms with E-state index >= 15 is 0 Å². The summed E-state index contributed by atoms with van der Waals surface area (Å²) in [6, 6.07) is 0. The van der Waals surface area contributed by atoms with Crippen LogP contribution in [0.1, 0.15) is 0 Å². The average Bonchev–Trinajstić information content (AvgIpc) is 2.31. The lowest BCUT2D eigenvalue weighted by molar-refractivity contribution is 0.361. The maximum Gasteiger partial charge on any atom is 0.0554 e. The summed E-state index contributed by atoms with van der Waals surface area (Å²) in [7, 11) is 3.99. The van der Waals surface area contributed by atoms with Crippen molar-refractivity contribution in [1.82, 2.24) is 25.1 Å². The van der Waals surface area contributed by atoms with Crippen molar-refractivity contribution < 1.29 is 0 Å². The summed E-state index contributed by atoms with van der Waals surface area (Å²) in [6.45, 7) is 1.65. The fraction of sp³-hybridized carbons (Fsp3) is 0.800. The largest absolute Gasteiger partial charge is 0.739 e. The third kappa shape index (κ3) is 2.39. The van der Waals surface area contributed by atoms with E-state index in [9.17, 15) is 0 Å². The average molecular weight is 172 g/mol.